The van der Waals surface area contributed by atoms with Gasteiger partial charge in [0.05, 0.1) is 6.67 Å². The molecule has 0 heterocycles. The molecule has 3 N–H and O–H groups in total. The number of nitrogens with zero attached hydrogens (tertiary/aromatic N) is 1. The molecule has 0 spiro atoms. The van der Waals surface area contributed by atoms with Crippen LogP contribution >= 0.6 is 0 Å². The predicted octanol–water partition coefficient (Wildman–Crippen LogP) is 1.77. The van der Waals surface area contributed by atoms with Gasteiger partial charge in [-0.15, -0.1) is 0 Å². The van der Waals surface area contributed by atoms with Gasteiger partial charge in [0.25, 0.3) is 0 Å². The van der Waals surface area contributed by atoms with Crippen molar-refractivity contribution in [3.05, 3.63) is 29.8 Å². The minimum Gasteiger partial charge on any atom is -0.384 e. The van der Waals surface area contributed by atoms with Crippen LogP contribution in [0.5, 0.6) is 0 Å². The highest BCUT2D eigenvalue weighted by atomic mass is 19.1. The number of nitrogens with two attached hydrogens (primary N) is 1. The van der Waals surface area contributed by atoms with Crippen molar-refractivity contribution in [3.63, 3.8) is 0 Å². The normalized spacial score (nSPS) is 10.0. The second-order valence-electron chi connectivity index (χ2n) is 3.42. The van der Waals surface area contributed by atoms with Crippen LogP contribution in [-0.2, 0) is 0 Å². The minimum absolute atomic E-state index is 0.0629. The quantitative estimate of drug-likeness (QED) is 0.573. The van der Waals surface area contributed by atoms with Crippen molar-refractivity contribution in [1.82, 2.24) is 0 Å². The Labute approximate surface area is 89.2 Å². The van der Waals surface area contributed by atoms with Gasteiger partial charge in [-0.25, -0.2) is 0 Å². The molecule has 0 amide bonds. The number of hydrogen-bond donors (Lipinski definition) is 2. The molecule has 1 rings (SSSR count). The Morgan fingerprint density at radius 1 is 1.40 bits per heavy atom. The first-order valence-corrected chi connectivity index (χ1v) is 4.86. The summed E-state index contributed by atoms with van der Waals surface area (Å²) in [4.78, 5) is 1.98. The van der Waals surface area contributed by atoms with Crippen LogP contribution in [0.4, 0.5) is 10.1 Å². The van der Waals surface area contributed by atoms with Gasteiger partial charge in [-0.1, -0.05) is 0 Å². The summed E-state index contributed by atoms with van der Waals surface area (Å²) in [5, 5.41) is 7.24. The van der Waals surface area contributed by atoms with E-state index in [1.54, 1.807) is 12.1 Å². The van der Waals surface area contributed by atoms with E-state index in [9.17, 15) is 4.39 Å². The number of halogens is 1. The molecule has 0 aliphatic rings. The van der Waals surface area contributed by atoms with Gasteiger partial charge >= 0.3 is 0 Å². The van der Waals surface area contributed by atoms with Crippen molar-refractivity contribution >= 4 is 11.5 Å². The number of benzene rings is 1. The summed E-state index contributed by atoms with van der Waals surface area (Å²) in [5.41, 5.74) is 7.05. The van der Waals surface area contributed by atoms with Crippen molar-refractivity contribution in [2.45, 2.75) is 6.42 Å². The lowest BCUT2D eigenvalue weighted by molar-refractivity contribution is 0.474. The number of amidine groups is 1. The maximum Gasteiger partial charge on any atom is 0.122 e. The third-order valence-corrected chi connectivity index (χ3v) is 2.25. The smallest absolute Gasteiger partial charge is 0.122 e. The van der Waals surface area contributed by atoms with Crippen molar-refractivity contribution in [1.29, 1.82) is 5.41 Å². The first kappa shape index (κ1) is 11.5. The van der Waals surface area contributed by atoms with Crippen molar-refractivity contribution in [2.75, 3.05) is 25.2 Å². The van der Waals surface area contributed by atoms with E-state index >= 15 is 0 Å². The Balaban J connectivity index is 2.66. The molecule has 0 bridgehead atoms. The highest BCUT2D eigenvalue weighted by molar-refractivity contribution is 5.95. The van der Waals surface area contributed by atoms with E-state index in [2.05, 4.69) is 0 Å². The number of rotatable bonds is 5. The summed E-state index contributed by atoms with van der Waals surface area (Å²) in [5.74, 6) is 0.0629. The lowest BCUT2D eigenvalue weighted by Crippen LogP contribution is -2.19. The average Bonchev–Trinajstić information content (AvgIpc) is 2.26. The van der Waals surface area contributed by atoms with E-state index in [0.29, 0.717) is 18.5 Å². The Kier molecular flexibility index (Phi) is 4.09. The van der Waals surface area contributed by atoms with Gasteiger partial charge in [0.2, 0.25) is 0 Å². The monoisotopic (exact) mass is 209 g/mol. The summed E-state index contributed by atoms with van der Waals surface area (Å²) in [6, 6.07) is 7.36. The van der Waals surface area contributed by atoms with Crippen LogP contribution in [0, 0.1) is 5.41 Å². The van der Waals surface area contributed by atoms with Crippen LogP contribution in [0.1, 0.15) is 12.0 Å². The summed E-state index contributed by atoms with van der Waals surface area (Å²) >= 11 is 0. The van der Waals surface area contributed by atoms with Crippen LogP contribution in [0.3, 0.4) is 0 Å². The van der Waals surface area contributed by atoms with E-state index in [4.69, 9.17) is 11.1 Å². The summed E-state index contributed by atoms with van der Waals surface area (Å²) in [6.45, 7) is 0.395. The lowest BCUT2D eigenvalue weighted by Gasteiger charge is -2.18. The number of alkyl halides is 1. The Hall–Kier alpha value is -1.58. The highest BCUT2D eigenvalue weighted by Gasteiger charge is 2.01. The second kappa shape index (κ2) is 5.34. The van der Waals surface area contributed by atoms with Crippen molar-refractivity contribution in [2.24, 2.45) is 5.73 Å². The molecule has 0 aromatic heterocycles. The Morgan fingerprint density at radius 3 is 2.47 bits per heavy atom. The third kappa shape index (κ3) is 3.23. The maximum atomic E-state index is 12.0. The largest absolute Gasteiger partial charge is 0.384 e. The van der Waals surface area contributed by atoms with Gasteiger partial charge in [0.1, 0.15) is 5.84 Å². The molecule has 0 saturated heterocycles. The standard InChI is InChI=1S/C11H16FN3/c1-15(8-2-7-12)10-5-3-9(4-6-10)11(13)14/h3-6H,2,7-8H2,1H3,(H3,13,14). The number of nitrogens with one attached hydrogen (secondary N) is 1. The fourth-order valence-electron chi connectivity index (χ4n) is 1.32. The van der Waals surface area contributed by atoms with E-state index in [-0.39, 0.29) is 12.5 Å². The zero-order valence-corrected chi connectivity index (χ0v) is 8.83. The molecule has 0 atom stereocenters. The highest BCUT2D eigenvalue weighted by Crippen LogP contribution is 2.13. The summed E-state index contributed by atoms with van der Waals surface area (Å²) in [6.07, 6.45) is 0.533. The lowest BCUT2D eigenvalue weighted by atomic mass is 10.2. The molecule has 0 aliphatic carbocycles. The minimum atomic E-state index is -0.296. The zero-order chi connectivity index (χ0) is 11.3. The SMILES string of the molecule is CN(CCCF)c1ccc(C(=N)N)cc1. The third-order valence-electron chi connectivity index (χ3n) is 2.25. The molecule has 1 aromatic carbocycles. The van der Waals surface area contributed by atoms with Gasteiger partial charge < -0.3 is 10.6 Å². The Morgan fingerprint density at radius 2 is 2.00 bits per heavy atom. The molecule has 0 fully saturated rings. The van der Waals surface area contributed by atoms with Crippen LogP contribution in [-0.4, -0.2) is 26.1 Å². The Bertz CT molecular complexity index is 321. The van der Waals surface area contributed by atoms with Crippen LogP contribution < -0.4 is 10.6 Å². The predicted molar refractivity (Wildman–Crippen MR) is 61.3 cm³/mol. The van der Waals surface area contributed by atoms with Gasteiger partial charge in [0.15, 0.2) is 0 Å². The summed E-state index contributed by atoms with van der Waals surface area (Å²) in [7, 11) is 1.92. The van der Waals surface area contributed by atoms with Gasteiger partial charge in [-0.2, -0.15) is 0 Å². The number of nitrogen functional groups attached to an aromatic ring is 1. The van der Waals surface area contributed by atoms with Gasteiger partial charge in [0, 0.05) is 24.8 Å². The molecule has 15 heavy (non-hydrogen) atoms. The average molecular weight is 209 g/mol. The molecule has 4 heteroatoms. The van der Waals surface area contributed by atoms with Crippen molar-refractivity contribution < 1.29 is 4.39 Å². The van der Waals surface area contributed by atoms with E-state index in [1.807, 2.05) is 24.1 Å². The fourth-order valence-corrected chi connectivity index (χ4v) is 1.32. The molecule has 82 valence electrons. The van der Waals surface area contributed by atoms with E-state index in [0.717, 1.165) is 5.69 Å². The van der Waals surface area contributed by atoms with Crippen molar-refractivity contribution in [3.8, 4) is 0 Å². The molecule has 0 unspecified atom stereocenters. The zero-order valence-electron chi connectivity index (χ0n) is 8.83. The fraction of sp³-hybridized carbons (Fsp3) is 0.364. The molecule has 1 aromatic rings. The maximum absolute atomic E-state index is 12.0. The van der Waals surface area contributed by atoms with E-state index < -0.39 is 0 Å². The van der Waals surface area contributed by atoms with Crippen LogP contribution in [0.25, 0.3) is 0 Å². The summed E-state index contributed by atoms with van der Waals surface area (Å²) < 4.78 is 12.0. The molecule has 0 radical (unpaired) electrons. The second-order valence-corrected chi connectivity index (χ2v) is 3.42. The first-order valence-electron chi connectivity index (χ1n) is 4.86. The first-order chi connectivity index (χ1) is 7.15. The molecule has 0 saturated carbocycles. The molecule has 0 aliphatic heterocycles. The molecule has 3 nitrogen and oxygen atoms in total. The van der Waals surface area contributed by atoms with E-state index in [1.165, 1.54) is 0 Å². The van der Waals surface area contributed by atoms with Gasteiger partial charge in [-0.05, 0) is 30.7 Å². The number of anilines is 1. The van der Waals surface area contributed by atoms with Crippen LogP contribution in [0.15, 0.2) is 24.3 Å². The van der Waals surface area contributed by atoms with Crippen LogP contribution in [0.2, 0.25) is 0 Å². The molecular weight excluding hydrogens is 193 g/mol. The topological polar surface area (TPSA) is 53.1 Å². The number of hydrogen-bond acceptors (Lipinski definition) is 2. The molecular formula is C11H16FN3. The van der Waals surface area contributed by atoms with Gasteiger partial charge in [-0.3, -0.25) is 9.80 Å².